The number of amides is 1. The number of carbonyl (C=O) groups is 1. The van der Waals surface area contributed by atoms with E-state index in [0.29, 0.717) is 5.92 Å². The van der Waals surface area contributed by atoms with Crippen LogP contribution in [0.4, 0.5) is 0 Å². The highest BCUT2D eigenvalue weighted by Gasteiger charge is 2.61. The van der Waals surface area contributed by atoms with Crippen molar-refractivity contribution in [2.24, 2.45) is 16.7 Å². The smallest absolute Gasteiger partial charge is 0.234 e. The van der Waals surface area contributed by atoms with Crippen molar-refractivity contribution in [1.29, 1.82) is 10.5 Å². The van der Waals surface area contributed by atoms with E-state index >= 15 is 0 Å². The average molecular weight is 257 g/mol. The predicted octanol–water partition coefficient (Wildman–Crippen LogP) is 2.24. The fourth-order valence-electron chi connectivity index (χ4n) is 3.79. The van der Waals surface area contributed by atoms with Gasteiger partial charge >= 0.3 is 0 Å². The lowest BCUT2D eigenvalue weighted by Crippen LogP contribution is -2.44. The third kappa shape index (κ3) is 1.75. The molecule has 0 aliphatic heterocycles. The number of hydrogen-bond acceptors (Lipinski definition) is 3. The Morgan fingerprint density at radius 1 is 1.42 bits per heavy atom. The lowest BCUT2D eigenvalue weighted by atomic mass is 9.68. The maximum absolute atomic E-state index is 12.8. The van der Waals surface area contributed by atoms with Crippen LogP contribution in [0.25, 0.3) is 0 Å². The summed E-state index contributed by atoms with van der Waals surface area (Å²) in [5, 5.41) is 17.6. The topological polar surface area (TPSA) is 67.9 Å². The van der Waals surface area contributed by atoms with Crippen LogP contribution in [0.2, 0.25) is 0 Å². The van der Waals surface area contributed by atoms with Gasteiger partial charge < -0.3 is 4.90 Å². The number of nitriles is 2. The van der Waals surface area contributed by atoms with E-state index < -0.39 is 5.41 Å². The van der Waals surface area contributed by atoms with Gasteiger partial charge in [-0.05, 0) is 30.6 Å². The molecule has 0 radical (unpaired) electrons. The van der Waals surface area contributed by atoms with Gasteiger partial charge in [-0.2, -0.15) is 10.5 Å². The summed E-state index contributed by atoms with van der Waals surface area (Å²) in [7, 11) is 0. The highest BCUT2D eigenvalue weighted by atomic mass is 16.2. The van der Waals surface area contributed by atoms with Crippen LogP contribution in [0, 0.1) is 39.4 Å². The van der Waals surface area contributed by atoms with Crippen LogP contribution in [0.3, 0.4) is 0 Å². The van der Waals surface area contributed by atoms with E-state index in [1.165, 1.54) is 4.90 Å². The standard InChI is InChI=1S/C15H19N3O/c1-11-14(2,3)12-4-5-15(11,10-12)13(19)18(8-6-16)9-7-17/h12H,1,4-5,8-10H2,2-3H3/t12-,15+/m0/s1. The quantitative estimate of drug-likeness (QED) is 0.575. The monoisotopic (exact) mass is 257 g/mol. The average Bonchev–Trinajstić information content (AvgIpc) is 2.89. The van der Waals surface area contributed by atoms with Crippen LogP contribution < -0.4 is 0 Å². The summed E-state index contributed by atoms with van der Waals surface area (Å²) in [5.74, 6) is 0.420. The van der Waals surface area contributed by atoms with Crippen LogP contribution in [-0.2, 0) is 4.79 Å². The van der Waals surface area contributed by atoms with Gasteiger partial charge in [-0.3, -0.25) is 4.79 Å². The fraction of sp³-hybridized carbons (Fsp3) is 0.667. The summed E-state index contributed by atoms with van der Waals surface area (Å²) >= 11 is 0. The van der Waals surface area contributed by atoms with Crippen molar-refractivity contribution < 1.29 is 4.79 Å². The molecule has 0 aromatic rings. The van der Waals surface area contributed by atoms with Crippen LogP contribution >= 0.6 is 0 Å². The molecule has 2 aliphatic carbocycles. The minimum Gasteiger partial charge on any atom is -0.315 e. The normalized spacial score (nSPS) is 30.7. The molecule has 1 amide bonds. The Labute approximate surface area is 114 Å². The van der Waals surface area contributed by atoms with Crippen molar-refractivity contribution in [2.45, 2.75) is 33.1 Å². The third-order valence-electron chi connectivity index (χ3n) is 5.11. The number of fused-ring (bicyclic) bond motifs is 2. The molecule has 0 aromatic heterocycles. The highest BCUT2D eigenvalue weighted by molar-refractivity contribution is 5.88. The molecule has 100 valence electrons. The first-order valence-electron chi connectivity index (χ1n) is 6.63. The molecule has 0 heterocycles. The van der Waals surface area contributed by atoms with Crippen molar-refractivity contribution in [3.63, 3.8) is 0 Å². The first kappa shape index (κ1) is 13.6. The summed E-state index contributed by atoms with van der Waals surface area (Å²) < 4.78 is 0. The van der Waals surface area contributed by atoms with E-state index in [4.69, 9.17) is 10.5 Å². The van der Waals surface area contributed by atoms with E-state index in [2.05, 4.69) is 20.4 Å². The van der Waals surface area contributed by atoms with Crippen molar-refractivity contribution in [3.05, 3.63) is 12.2 Å². The van der Waals surface area contributed by atoms with Gasteiger partial charge in [0.1, 0.15) is 13.1 Å². The molecule has 2 aliphatic rings. The molecule has 2 saturated carbocycles. The van der Waals surface area contributed by atoms with Gasteiger partial charge in [0.05, 0.1) is 17.6 Å². The molecule has 2 fully saturated rings. The molecule has 0 aromatic carbocycles. The van der Waals surface area contributed by atoms with E-state index in [1.807, 2.05) is 12.1 Å². The summed E-state index contributed by atoms with van der Waals surface area (Å²) in [5.41, 5.74) is 0.447. The zero-order valence-corrected chi connectivity index (χ0v) is 11.6. The lowest BCUT2D eigenvalue weighted by molar-refractivity contribution is -0.138. The largest absolute Gasteiger partial charge is 0.315 e. The molecule has 0 unspecified atom stereocenters. The van der Waals surface area contributed by atoms with Crippen LogP contribution in [-0.4, -0.2) is 23.9 Å². The molecule has 19 heavy (non-hydrogen) atoms. The zero-order chi connectivity index (χ0) is 14.3. The molecule has 0 spiro atoms. The Balaban J connectivity index is 2.31. The molecule has 2 atom stereocenters. The van der Waals surface area contributed by atoms with E-state index in [9.17, 15) is 4.79 Å². The molecule has 2 bridgehead atoms. The van der Waals surface area contributed by atoms with E-state index in [1.54, 1.807) is 0 Å². The maximum Gasteiger partial charge on any atom is 0.234 e. The van der Waals surface area contributed by atoms with Crippen molar-refractivity contribution in [3.8, 4) is 12.1 Å². The third-order valence-corrected chi connectivity index (χ3v) is 5.11. The van der Waals surface area contributed by atoms with Gasteiger partial charge in [-0.15, -0.1) is 0 Å². The Kier molecular flexibility index (Phi) is 3.14. The van der Waals surface area contributed by atoms with Crippen LogP contribution in [0.15, 0.2) is 12.2 Å². The Morgan fingerprint density at radius 2 is 2.00 bits per heavy atom. The van der Waals surface area contributed by atoms with Gasteiger partial charge in [-0.25, -0.2) is 0 Å². The molecular formula is C15H19N3O. The Hall–Kier alpha value is -1.81. The second kappa shape index (κ2) is 4.38. The molecule has 2 rings (SSSR count). The summed E-state index contributed by atoms with van der Waals surface area (Å²) in [4.78, 5) is 14.1. The minimum absolute atomic E-state index is 0.0150. The van der Waals surface area contributed by atoms with Gasteiger partial charge in [0.15, 0.2) is 0 Å². The summed E-state index contributed by atoms with van der Waals surface area (Å²) in [6, 6.07) is 3.94. The molecule has 0 saturated heterocycles. The highest BCUT2D eigenvalue weighted by Crippen LogP contribution is 2.65. The number of rotatable bonds is 3. The molecule has 4 heteroatoms. The number of hydrogen-bond donors (Lipinski definition) is 0. The SMILES string of the molecule is C=C1C(C)(C)[C@H]2CC[C@@]1(C(=O)N(CC#N)CC#N)C2. The first-order valence-corrected chi connectivity index (χ1v) is 6.63. The molecular weight excluding hydrogens is 238 g/mol. The first-order chi connectivity index (χ1) is 8.90. The van der Waals surface area contributed by atoms with Crippen molar-refractivity contribution in [2.75, 3.05) is 13.1 Å². The van der Waals surface area contributed by atoms with Gasteiger partial charge in [0.25, 0.3) is 0 Å². The Morgan fingerprint density at radius 3 is 2.42 bits per heavy atom. The summed E-state index contributed by atoms with van der Waals surface area (Å²) in [6.07, 6.45) is 2.67. The summed E-state index contributed by atoms with van der Waals surface area (Å²) in [6.45, 7) is 8.42. The Bertz CT molecular complexity index is 492. The van der Waals surface area contributed by atoms with E-state index in [0.717, 1.165) is 24.8 Å². The van der Waals surface area contributed by atoms with Crippen molar-refractivity contribution >= 4 is 5.91 Å². The zero-order valence-electron chi connectivity index (χ0n) is 11.6. The number of carbonyl (C=O) groups excluding carboxylic acids is 1. The number of nitrogens with zero attached hydrogens (tertiary/aromatic N) is 3. The molecule has 4 nitrogen and oxygen atoms in total. The van der Waals surface area contributed by atoms with Gasteiger partial charge in [0, 0.05) is 0 Å². The minimum atomic E-state index is -0.526. The van der Waals surface area contributed by atoms with E-state index in [-0.39, 0.29) is 24.4 Å². The molecule has 0 N–H and O–H groups in total. The maximum atomic E-state index is 12.8. The second-order valence-corrected chi connectivity index (χ2v) is 6.20. The van der Waals surface area contributed by atoms with Gasteiger partial charge in [0.2, 0.25) is 5.91 Å². The van der Waals surface area contributed by atoms with Gasteiger partial charge in [-0.1, -0.05) is 26.0 Å². The lowest BCUT2D eigenvalue weighted by Gasteiger charge is -2.38. The van der Waals surface area contributed by atoms with Crippen LogP contribution in [0.5, 0.6) is 0 Å². The fourth-order valence-corrected chi connectivity index (χ4v) is 3.79. The van der Waals surface area contributed by atoms with Crippen LogP contribution in [0.1, 0.15) is 33.1 Å². The second-order valence-electron chi connectivity index (χ2n) is 6.20. The van der Waals surface area contributed by atoms with Crippen molar-refractivity contribution in [1.82, 2.24) is 4.90 Å². The predicted molar refractivity (Wildman–Crippen MR) is 70.5 cm³/mol.